The van der Waals surface area contributed by atoms with Crippen LogP contribution in [0.1, 0.15) is 17.5 Å². The molecular formula is C20H23N3O2S. The summed E-state index contributed by atoms with van der Waals surface area (Å²) in [5.41, 5.74) is 2.74. The third-order valence-corrected chi connectivity index (χ3v) is 5.85. The first-order valence-electron chi connectivity index (χ1n) is 8.61. The molecule has 0 radical (unpaired) electrons. The molecule has 3 aromatic rings. The van der Waals surface area contributed by atoms with Crippen LogP contribution in [0.3, 0.4) is 0 Å². The van der Waals surface area contributed by atoms with Crippen molar-refractivity contribution in [2.24, 2.45) is 0 Å². The quantitative estimate of drug-likeness (QED) is 0.648. The summed E-state index contributed by atoms with van der Waals surface area (Å²) in [6, 6.07) is 15.4. The SMILES string of the molecule is Cc1ccc(C)c(S(=O)(=O)NCCCn2ccnc2-c2ccccc2)c1. The Balaban J connectivity index is 1.61. The van der Waals surface area contributed by atoms with Crippen LogP contribution in [0.5, 0.6) is 0 Å². The summed E-state index contributed by atoms with van der Waals surface area (Å²) in [5, 5.41) is 0. The second-order valence-electron chi connectivity index (χ2n) is 6.33. The van der Waals surface area contributed by atoms with E-state index < -0.39 is 10.0 Å². The van der Waals surface area contributed by atoms with Gasteiger partial charge in [-0.1, -0.05) is 42.5 Å². The molecule has 6 heteroatoms. The number of rotatable bonds is 7. The van der Waals surface area contributed by atoms with Gasteiger partial charge in [0.25, 0.3) is 0 Å². The highest BCUT2D eigenvalue weighted by atomic mass is 32.2. The van der Waals surface area contributed by atoms with Crippen LogP contribution in [0.15, 0.2) is 65.8 Å². The van der Waals surface area contributed by atoms with Crippen molar-refractivity contribution in [3.8, 4) is 11.4 Å². The van der Waals surface area contributed by atoms with Crippen LogP contribution in [0.25, 0.3) is 11.4 Å². The van der Waals surface area contributed by atoms with Crippen LogP contribution in [0.4, 0.5) is 0 Å². The summed E-state index contributed by atoms with van der Waals surface area (Å²) in [5.74, 6) is 0.892. The fourth-order valence-electron chi connectivity index (χ4n) is 2.87. The zero-order valence-electron chi connectivity index (χ0n) is 15.0. The molecule has 0 spiro atoms. The molecular weight excluding hydrogens is 346 g/mol. The molecule has 0 amide bonds. The Bertz CT molecular complexity index is 979. The van der Waals surface area contributed by atoms with Crippen LogP contribution in [0.2, 0.25) is 0 Å². The van der Waals surface area contributed by atoms with Gasteiger partial charge in [-0.15, -0.1) is 0 Å². The Morgan fingerprint density at radius 2 is 1.85 bits per heavy atom. The average Bonchev–Trinajstić information content (AvgIpc) is 3.10. The smallest absolute Gasteiger partial charge is 0.240 e. The largest absolute Gasteiger partial charge is 0.331 e. The zero-order valence-corrected chi connectivity index (χ0v) is 15.8. The summed E-state index contributed by atoms with van der Waals surface area (Å²) in [7, 11) is -3.49. The molecule has 0 aliphatic rings. The summed E-state index contributed by atoms with van der Waals surface area (Å²) in [6.45, 7) is 4.77. The number of sulfonamides is 1. The molecule has 0 saturated carbocycles. The minimum atomic E-state index is -3.49. The van der Waals surface area contributed by atoms with Crippen molar-refractivity contribution < 1.29 is 8.42 Å². The molecule has 0 unspecified atom stereocenters. The lowest BCUT2D eigenvalue weighted by Gasteiger charge is -2.11. The maximum atomic E-state index is 12.5. The van der Waals surface area contributed by atoms with Crippen LogP contribution in [-0.2, 0) is 16.6 Å². The number of benzene rings is 2. The van der Waals surface area contributed by atoms with Gasteiger partial charge in [0.1, 0.15) is 5.82 Å². The lowest BCUT2D eigenvalue weighted by Crippen LogP contribution is -2.26. The van der Waals surface area contributed by atoms with Crippen LogP contribution in [0, 0.1) is 13.8 Å². The average molecular weight is 369 g/mol. The predicted octanol–water partition coefficient (Wildman–Crippen LogP) is 3.54. The van der Waals surface area contributed by atoms with Gasteiger partial charge < -0.3 is 4.57 Å². The standard InChI is InChI=1S/C20H23N3O2S/c1-16-9-10-17(2)19(15-16)26(24,25)22-11-6-13-23-14-12-21-20(23)18-7-4-3-5-8-18/h3-5,7-10,12,14-15,22H,6,11,13H2,1-2H3. The first-order valence-corrected chi connectivity index (χ1v) is 10.1. The molecule has 0 saturated heterocycles. The summed E-state index contributed by atoms with van der Waals surface area (Å²) < 4.78 is 29.8. The highest BCUT2D eigenvalue weighted by molar-refractivity contribution is 7.89. The van der Waals surface area contributed by atoms with E-state index in [2.05, 4.69) is 9.71 Å². The number of aryl methyl sites for hydroxylation is 3. The fraction of sp³-hybridized carbons (Fsp3) is 0.250. The van der Waals surface area contributed by atoms with Crippen molar-refractivity contribution >= 4 is 10.0 Å². The highest BCUT2D eigenvalue weighted by Crippen LogP contribution is 2.18. The van der Waals surface area contributed by atoms with Crippen molar-refractivity contribution in [1.82, 2.24) is 14.3 Å². The maximum absolute atomic E-state index is 12.5. The number of nitrogens with one attached hydrogen (secondary N) is 1. The molecule has 136 valence electrons. The van der Waals surface area contributed by atoms with E-state index in [9.17, 15) is 8.42 Å². The van der Waals surface area contributed by atoms with Gasteiger partial charge >= 0.3 is 0 Å². The number of hydrogen-bond acceptors (Lipinski definition) is 3. The van der Waals surface area contributed by atoms with Gasteiger partial charge in [0.05, 0.1) is 4.90 Å². The summed E-state index contributed by atoms with van der Waals surface area (Å²) >= 11 is 0. The van der Waals surface area contributed by atoms with E-state index in [0.717, 1.165) is 22.5 Å². The van der Waals surface area contributed by atoms with Gasteiger partial charge in [-0.2, -0.15) is 0 Å². The molecule has 0 bridgehead atoms. The monoisotopic (exact) mass is 369 g/mol. The number of nitrogens with zero attached hydrogens (tertiary/aromatic N) is 2. The normalized spacial score (nSPS) is 11.6. The van der Waals surface area contributed by atoms with Crippen LogP contribution >= 0.6 is 0 Å². The lowest BCUT2D eigenvalue weighted by atomic mass is 10.2. The molecule has 1 aromatic heterocycles. The van der Waals surface area contributed by atoms with Gasteiger partial charge in [0, 0.05) is 31.0 Å². The Hall–Kier alpha value is -2.44. The number of hydrogen-bond donors (Lipinski definition) is 1. The molecule has 5 nitrogen and oxygen atoms in total. The fourth-order valence-corrected chi connectivity index (χ4v) is 4.27. The van der Waals surface area contributed by atoms with Crippen molar-refractivity contribution in [3.05, 3.63) is 72.1 Å². The number of aromatic nitrogens is 2. The molecule has 2 aromatic carbocycles. The first kappa shape index (κ1) is 18.4. The second-order valence-corrected chi connectivity index (χ2v) is 8.07. The summed E-state index contributed by atoms with van der Waals surface area (Å²) in [4.78, 5) is 4.76. The molecule has 0 aliphatic heterocycles. The van der Waals surface area contributed by atoms with Crippen molar-refractivity contribution in [2.45, 2.75) is 31.7 Å². The lowest BCUT2D eigenvalue weighted by molar-refractivity contribution is 0.570. The Morgan fingerprint density at radius 1 is 1.08 bits per heavy atom. The molecule has 0 atom stereocenters. The van der Waals surface area contributed by atoms with Crippen LogP contribution in [-0.4, -0.2) is 24.5 Å². The van der Waals surface area contributed by atoms with E-state index in [1.807, 2.05) is 67.1 Å². The Labute approximate surface area is 154 Å². The number of imidazole rings is 1. The van der Waals surface area contributed by atoms with E-state index in [-0.39, 0.29) is 0 Å². The molecule has 1 N–H and O–H groups in total. The van der Waals surface area contributed by atoms with E-state index >= 15 is 0 Å². The summed E-state index contributed by atoms with van der Waals surface area (Å²) in [6.07, 6.45) is 4.37. The highest BCUT2D eigenvalue weighted by Gasteiger charge is 2.16. The van der Waals surface area contributed by atoms with Crippen molar-refractivity contribution in [2.75, 3.05) is 6.54 Å². The third kappa shape index (κ3) is 4.20. The third-order valence-electron chi connectivity index (χ3n) is 4.25. The van der Waals surface area contributed by atoms with Gasteiger partial charge in [-0.25, -0.2) is 18.1 Å². The Morgan fingerprint density at radius 3 is 2.62 bits per heavy atom. The zero-order chi connectivity index (χ0) is 18.6. The van der Waals surface area contributed by atoms with E-state index in [0.29, 0.717) is 24.4 Å². The molecule has 3 rings (SSSR count). The minimum absolute atomic E-state index is 0.352. The second kappa shape index (κ2) is 7.85. The van der Waals surface area contributed by atoms with Gasteiger partial charge in [0.15, 0.2) is 0 Å². The molecule has 26 heavy (non-hydrogen) atoms. The molecule has 0 fully saturated rings. The van der Waals surface area contributed by atoms with Crippen molar-refractivity contribution in [1.29, 1.82) is 0 Å². The minimum Gasteiger partial charge on any atom is -0.331 e. The molecule has 0 aliphatic carbocycles. The van der Waals surface area contributed by atoms with E-state index in [1.54, 1.807) is 12.3 Å². The maximum Gasteiger partial charge on any atom is 0.240 e. The molecule has 1 heterocycles. The van der Waals surface area contributed by atoms with Gasteiger partial charge in [-0.05, 0) is 37.5 Å². The Kier molecular flexibility index (Phi) is 5.54. The predicted molar refractivity (Wildman–Crippen MR) is 103 cm³/mol. The van der Waals surface area contributed by atoms with Gasteiger partial charge in [-0.3, -0.25) is 0 Å². The van der Waals surface area contributed by atoms with E-state index in [1.165, 1.54) is 0 Å². The first-order chi connectivity index (χ1) is 12.5. The van der Waals surface area contributed by atoms with Crippen LogP contribution < -0.4 is 4.72 Å². The van der Waals surface area contributed by atoms with E-state index in [4.69, 9.17) is 0 Å². The van der Waals surface area contributed by atoms with Gasteiger partial charge in [0.2, 0.25) is 10.0 Å². The topological polar surface area (TPSA) is 64.0 Å². The van der Waals surface area contributed by atoms with Crippen molar-refractivity contribution in [3.63, 3.8) is 0 Å².